The van der Waals surface area contributed by atoms with E-state index in [1.807, 2.05) is 18.2 Å². The highest BCUT2D eigenvalue weighted by atomic mass is 35.5. The molecule has 0 fully saturated rings. The second-order valence-electron chi connectivity index (χ2n) is 8.18. The standard InChI is InChI=1S/C24H21Cl2N3O3S/c1-2-3-11-8-12(10-13-4-6-16(25)31-13)21-14(9-11)18(15-5-7-17(26)32-15)19-20(27)22(23(28)30)33-24(19)29-21/h4-7,10-11H,2-3,8-9,27H2,1H3,(H2,28,30). The second kappa shape index (κ2) is 8.56. The van der Waals surface area contributed by atoms with Gasteiger partial charge in [0.15, 0.2) is 10.4 Å². The van der Waals surface area contributed by atoms with Crippen molar-refractivity contribution in [2.45, 2.75) is 32.6 Å². The number of hydrogen-bond acceptors (Lipinski definition) is 6. The molecule has 33 heavy (non-hydrogen) atoms. The minimum absolute atomic E-state index is 0.273. The lowest BCUT2D eigenvalue weighted by Crippen LogP contribution is -2.16. The third-order valence-corrected chi connectivity index (χ3v) is 7.45. The molecular weight excluding hydrogens is 481 g/mol. The zero-order valence-electron chi connectivity index (χ0n) is 17.8. The number of fused-ring (bicyclic) bond motifs is 2. The van der Waals surface area contributed by atoms with Gasteiger partial charge in [0.05, 0.1) is 11.4 Å². The van der Waals surface area contributed by atoms with Crippen molar-refractivity contribution in [3.63, 3.8) is 0 Å². The van der Waals surface area contributed by atoms with E-state index < -0.39 is 5.91 Å². The highest BCUT2D eigenvalue weighted by Gasteiger charge is 2.31. The molecule has 1 aliphatic rings. The van der Waals surface area contributed by atoms with E-state index in [4.69, 9.17) is 48.5 Å². The Labute approximate surface area is 204 Å². The number of pyridine rings is 1. The van der Waals surface area contributed by atoms with E-state index in [1.54, 1.807) is 12.1 Å². The van der Waals surface area contributed by atoms with Crippen LogP contribution in [-0.4, -0.2) is 10.9 Å². The molecule has 0 aliphatic heterocycles. The number of amides is 1. The van der Waals surface area contributed by atoms with Crippen LogP contribution in [0.4, 0.5) is 5.69 Å². The Morgan fingerprint density at radius 3 is 2.61 bits per heavy atom. The van der Waals surface area contributed by atoms with Crippen molar-refractivity contribution >= 4 is 68.0 Å². The zero-order valence-corrected chi connectivity index (χ0v) is 20.1. The molecule has 4 aromatic rings. The van der Waals surface area contributed by atoms with Crippen molar-refractivity contribution in [3.8, 4) is 11.3 Å². The molecule has 0 bridgehead atoms. The second-order valence-corrected chi connectivity index (χ2v) is 9.93. The van der Waals surface area contributed by atoms with Gasteiger partial charge in [-0.1, -0.05) is 19.8 Å². The maximum atomic E-state index is 12.1. The minimum atomic E-state index is -0.582. The van der Waals surface area contributed by atoms with Gasteiger partial charge in [-0.05, 0) is 83.4 Å². The Kier molecular flexibility index (Phi) is 5.72. The molecule has 170 valence electrons. The molecule has 0 aromatic carbocycles. The topological polar surface area (TPSA) is 108 Å². The van der Waals surface area contributed by atoms with Gasteiger partial charge in [-0.3, -0.25) is 4.79 Å². The van der Waals surface area contributed by atoms with Crippen LogP contribution in [0.3, 0.4) is 0 Å². The van der Waals surface area contributed by atoms with Gasteiger partial charge in [-0.2, -0.15) is 0 Å². The maximum Gasteiger partial charge on any atom is 0.260 e. The lowest BCUT2D eigenvalue weighted by Gasteiger charge is -2.28. The number of rotatable bonds is 5. The summed E-state index contributed by atoms with van der Waals surface area (Å²) in [7, 11) is 0. The van der Waals surface area contributed by atoms with Crippen LogP contribution in [-0.2, 0) is 6.42 Å². The molecule has 0 radical (unpaired) electrons. The summed E-state index contributed by atoms with van der Waals surface area (Å²) in [5.41, 5.74) is 16.0. The molecule has 4 aromatic heterocycles. The number of hydrogen-bond donors (Lipinski definition) is 2. The SMILES string of the molecule is CCCC1CC(=Cc2ccc(Cl)o2)c2nc3sc(C(N)=O)c(N)c3c(-c3ccc(Cl)o3)c2C1. The summed E-state index contributed by atoms with van der Waals surface area (Å²) < 4.78 is 11.4. The van der Waals surface area contributed by atoms with Crippen molar-refractivity contribution in [3.05, 3.63) is 56.6 Å². The first-order valence-electron chi connectivity index (χ1n) is 10.6. The summed E-state index contributed by atoms with van der Waals surface area (Å²) in [6.07, 6.45) is 5.74. The number of allylic oxidation sites excluding steroid dienone is 1. The molecule has 0 spiro atoms. The summed E-state index contributed by atoms with van der Waals surface area (Å²) in [4.78, 5) is 17.9. The predicted octanol–water partition coefficient (Wildman–Crippen LogP) is 7.04. The fraction of sp³-hybridized carbons (Fsp3) is 0.250. The number of carbonyl (C=O) groups excluding carboxylic acids is 1. The van der Waals surface area contributed by atoms with Gasteiger partial charge in [0.2, 0.25) is 0 Å². The number of carbonyl (C=O) groups is 1. The lowest BCUT2D eigenvalue weighted by molar-refractivity contribution is 0.100. The summed E-state index contributed by atoms with van der Waals surface area (Å²) in [5.74, 6) is 1.06. The van der Waals surface area contributed by atoms with Crippen LogP contribution in [0.2, 0.25) is 10.4 Å². The number of nitrogen functional groups attached to an aromatic ring is 1. The first kappa shape index (κ1) is 22.1. The molecule has 1 unspecified atom stereocenters. The number of nitrogens with zero attached hydrogens (tertiary/aromatic N) is 1. The highest BCUT2D eigenvalue weighted by molar-refractivity contribution is 7.21. The van der Waals surface area contributed by atoms with Crippen LogP contribution in [0.1, 0.15) is 52.9 Å². The monoisotopic (exact) mass is 501 g/mol. The third kappa shape index (κ3) is 3.94. The quantitative estimate of drug-likeness (QED) is 0.304. The Hall–Kier alpha value is -2.74. The summed E-state index contributed by atoms with van der Waals surface area (Å²) in [6.45, 7) is 2.18. The fourth-order valence-electron chi connectivity index (χ4n) is 4.64. The van der Waals surface area contributed by atoms with Gasteiger partial charge >= 0.3 is 0 Å². The number of anilines is 1. The van der Waals surface area contributed by atoms with E-state index in [2.05, 4.69) is 6.92 Å². The molecular formula is C24H21Cl2N3O3S. The van der Waals surface area contributed by atoms with Crippen LogP contribution >= 0.6 is 34.5 Å². The number of thiophene rings is 1. The lowest BCUT2D eigenvalue weighted by atomic mass is 9.78. The summed E-state index contributed by atoms with van der Waals surface area (Å²) >= 11 is 13.3. The number of halogens is 2. The van der Waals surface area contributed by atoms with Gasteiger partial charge in [-0.15, -0.1) is 11.3 Å². The van der Waals surface area contributed by atoms with Gasteiger partial charge in [0.25, 0.3) is 5.91 Å². The minimum Gasteiger partial charge on any atom is -0.445 e. The van der Waals surface area contributed by atoms with E-state index in [1.165, 1.54) is 11.3 Å². The fourth-order valence-corrected chi connectivity index (χ4v) is 5.90. The molecule has 4 N–H and O–H groups in total. The molecule has 6 nitrogen and oxygen atoms in total. The average Bonchev–Trinajstić information content (AvgIpc) is 3.46. The Balaban J connectivity index is 1.83. The largest absolute Gasteiger partial charge is 0.445 e. The van der Waals surface area contributed by atoms with Gasteiger partial charge < -0.3 is 20.3 Å². The smallest absolute Gasteiger partial charge is 0.260 e. The first-order valence-corrected chi connectivity index (χ1v) is 12.2. The van der Waals surface area contributed by atoms with Crippen LogP contribution < -0.4 is 11.5 Å². The number of aromatic nitrogens is 1. The Bertz CT molecular complexity index is 1420. The van der Waals surface area contributed by atoms with Gasteiger partial charge in [0, 0.05) is 10.9 Å². The molecule has 0 saturated carbocycles. The molecule has 1 aliphatic carbocycles. The number of nitrogens with two attached hydrogens (primary N) is 2. The van der Waals surface area contributed by atoms with Crippen LogP contribution in [0.15, 0.2) is 33.1 Å². The molecule has 5 rings (SSSR count). The van der Waals surface area contributed by atoms with Crippen LogP contribution in [0.5, 0.6) is 0 Å². The summed E-state index contributed by atoms with van der Waals surface area (Å²) in [5, 5.41) is 1.28. The van der Waals surface area contributed by atoms with Crippen LogP contribution in [0.25, 0.3) is 33.2 Å². The van der Waals surface area contributed by atoms with Crippen molar-refractivity contribution in [1.82, 2.24) is 4.98 Å². The maximum absolute atomic E-state index is 12.1. The molecule has 0 saturated heterocycles. The van der Waals surface area contributed by atoms with E-state index in [0.29, 0.717) is 38.6 Å². The van der Waals surface area contributed by atoms with Crippen molar-refractivity contribution < 1.29 is 13.6 Å². The molecule has 4 heterocycles. The number of primary amides is 1. The van der Waals surface area contributed by atoms with Crippen molar-refractivity contribution in [2.24, 2.45) is 11.7 Å². The average molecular weight is 502 g/mol. The van der Waals surface area contributed by atoms with E-state index in [-0.39, 0.29) is 10.1 Å². The first-order chi connectivity index (χ1) is 15.9. The molecule has 1 amide bonds. The Morgan fingerprint density at radius 1 is 1.21 bits per heavy atom. The Morgan fingerprint density at radius 2 is 1.97 bits per heavy atom. The number of furan rings is 2. The molecule has 1 atom stereocenters. The van der Waals surface area contributed by atoms with Crippen molar-refractivity contribution in [1.29, 1.82) is 0 Å². The van der Waals surface area contributed by atoms with E-state index in [0.717, 1.165) is 48.1 Å². The van der Waals surface area contributed by atoms with Crippen molar-refractivity contribution in [2.75, 3.05) is 5.73 Å². The van der Waals surface area contributed by atoms with Gasteiger partial charge in [-0.25, -0.2) is 4.98 Å². The predicted molar refractivity (Wildman–Crippen MR) is 134 cm³/mol. The zero-order chi connectivity index (χ0) is 23.3. The highest BCUT2D eigenvalue weighted by Crippen LogP contribution is 2.48. The van der Waals surface area contributed by atoms with E-state index >= 15 is 0 Å². The molecule has 9 heteroatoms. The summed E-state index contributed by atoms with van der Waals surface area (Å²) in [6, 6.07) is 7.06. The van der Waals surface area contributed by atoms with Crippen LogP contribution in [0, 0.1) is 5.92 Å². The van der Waals surface area contributed by atoms with E-state index in [9.17, 15) is 4.79 Å². The normalized spacial score (nSPS) is 17.1. The van der Waals surface area contributed by atoms with Gasteiger partial charge in [0.1, 0.15) is 21.2 Å². The third-order valence-electron chi connectivity index (χ3n) is 5.93.